The second-order valence-electron chi connectivity index (χ2n) is 3.81. The van der Waals surface area contributed by atoms with Gasteiger partial charge < -0.3 is 10.4 Å². The van der Waals surface area contributed by atoms with E-state index in [1.54, 1.807) is 0 Å². The molecule has 0 heterocycles. The number of benzene rings is 1. The van der Waals surface area contributed by atoms with Crippen LogP contribution in [-0.2, 0) is 4.79 Å². The van der Waals surface area contributed by atoms with Gasteiger partial charge in [0.25, 0.3) is 11.6 Å². The molecule has 0 spiro atoms. The van der Waals surface area contributed by atoms with Crippen LogP contribution in [0, 0.1) is 10.1 Å². The summed E-state index contributed by atoms with van der Waals surface area (Å²) in [4.78, 5) is 32.6. The Bertz CT molecular complexity index is 573. The summed E-state index contributed by atoms with van der Waals surface area (Å²) in [6.07, 6.45) is 1.42. The maximum absolute atomic E-state index is 11.8. The van der Waals surface area contributed by atoms with Crippen molar-refractivity contribution in [2.45, 2.75) is 12.5 Å². The van der Waals surface area contributed by atoms with Crippen LogP contribution in [0.25, 0.3) is 0 Å². The first kappa shape index (κ1) is 15.6. The van der Waals surface area contributed by atoms with Gasteiger partial charge in [0.05, 0.1) is 4.92 Å². The van der Waals surface area contributed by atoms with Gasteiger partial charge in [-0.05, 0) is 18.6 Å². The largest absolute Gasteiger partial charge is 0.480 e. The van der Waals surface area contributed by atoms with Crippen LogP contribution in [0.1, 0.15) is 16.8 Å². The fourth-order valence-electron chi connectivity index (χ4n) is 1.43. The van der Waals surface area contributed by atoms with E-state index in [2.05, 4.69) is 11.9 Å². The molecule has 1 rings (SSSR count). The Morgan fingerprint density at radius 2 is 2.20 bits per heavy atom. The normalized spacial score (nSPS) is 11.4. The molecule has 1 unspecified atom stereocenters. The number of nitro groups is 1. The number of carboxylic acids is 1. The predicted molar refractivity (Wildman–Crippen MR) is 71.8 cm³/mol. The van der Waals surface area contributed by atoms with Crippen molar-refractivity contribution >= 4 is 29.2 Å². The fraction of sp³-hybridized carbons (Fsp3) is 0.167. The molecular formula is C12H11ClN2O5. The molecule has 0 aliphatic rings. The van der Waals surface area contributed by atoms with Crippen molar-refractivity contribution in [3.63, 3.8) is 0 Å². The predicted octanol–water partition coefficient (Wildman–Crippen LogP) is 2.01. The van der Waals surface area contributed by atoms with Crippen LogP contribution in [0.2, 0.25) is 5.02 Å². The lowest BCUT2D eigenvalue weighted by Crippen LogP contribution is -2.40. The number of nitro benzene ring substituents is 1. The number of hydrogen-bond donors (Lipinski definition) is 2. The quantitative estimate of drug-likeness (QED) is 0.474. The highest BCUT2D eigenvalue weighted by atomic mass is 35.5. The Kier molecular flexibility index (Phi) is 5.22. The molecule has 1 atom stereocenters. The van der Waals surface area contributed by atoms with Gasteiger partial charge in [-0.1, -0.05) is 17.7 Å². The van der Waals surface area contributed by atoms with Crippen LogP contribution >= 0.6 is 11.6 Å². The van der Waals surface area contributed by atoms with Gasteiger partial charge in [-0.15, -0.1) is 6.58 Å². The van der Waals surface area contributed by atoms with Gasteiger partial charge in [0, 0.05) is 11.6 Å². The highest BCUT2D eigenvalue weighted by Crippen LogP contribution is 2.24. The van der Waals surface area contributed by atoms with Gasteiger partial charge in [0.2, 0.25) is 0 Å². The summed E-state index contributed by atoms with van der Waals surface area (Å²) in [5.41, 5.74) is -0.292. The van der Waals surface area contributed by atoms with Crippen molar-refractivity contribution in [2.24, 2.45) is 0 Å². The molecule has 0 bridgehead atoms. The van der Waals surface area contributed by atoms with Gasteiger partial charge in [0.1, 0.15) is 11.1 Å². The Hall–Kier alpha value is -2.41. The fourth-order valence-corrected chi connectivity index (χ4v) is 1.68. The number of halogens is 1. The molecule has 2 N–H and O–H groups in total. The Labute approximate surface area is 119 Å². The van der Waals surface area contributed by atoms with E-state index < -0.39 is 22.8 Å². The first-order chi connectivity index (χ1) is 9.36. The lowest BCUT2D eigenvalue weighted by molar-refractivity contribution is -0.384. The molecular weight excluding hydrogens is 288 g/mol. The Balaban J connectivity index is 2.92. The third-order valence-corrected chi connectivity index (χ3v) is 2.72. The van der Waals surface area contributed by atoms with E-state index >= 15 is 0 Å². The summed E-state index contributed by atoms with van der Waals surface area (Å²) >= 11 is 5.67. The standard InChI is InChI=1S/C12H11ClN2O5/c1-2-3-9(12(17)18)14-11(16)7-4-5-10(15(19)20)8(13)6-7/h2,4-6,9H,1,3H2,(H,14,16)(H,17,18). The second kappa shape index (κ2) is 6.67. The van der Waals surface area contributed by atoms with E-state index in [4.69, 9.17) is 16.7 Å². The van der Waals surface area contributed by atoms with Crippen molar-refractivity contribution in [1.82, 2.24) is 5.32 Å². The summed E-state index contributed by atoms with van der Waals surface area (Å²) in [5, 5.41) is 21.6. The summed E-state index contributed by atoms with van der Waals surface area (Å²) < 4.78 is 0. The highest BCUT2D eigenvalue weighted by Gasteiger charge is 2.21. The molecule has 106 valence electrons. The number of carbonyl (C=O) groups excluding carboxylic acids is 1. The van der Waals surface area contributed by atoms with Gasteiger partial charge in [-0.3, -0.25) is 14.9 Å². The zero-order chi connectivity index (χ0) is 15.3. The molecule has 1 amide bonds. The minimum absolute atomic E-state index is 0.0379. The van der Waals surface area contributed by atoms with Crippen molar-refractivity contribution in [3.05, 3.63) is 51.6 Å². The lowest BCUT2D eigenvalue weighted by Gasteiger charge is -2.12. The minimum Gasteiger partial charge on any atom is -0.480 e. The maximum Gasteiger partial charge on any atom is 0.326 e. The summed E-state index contributed by atoms with van der Waals surface area (Å²) in [7, 11) is 0. The van der Waals surface area contributed by atoms with Crippen LogP contribution in [0.3, 0.4) is 0 Å². The van der Waals surface area contributed by atoms with Crippen LogP contribution in [-0.4, -0.2) is 27.9 Å². The summed E-state index contributed by atoms with van der Waals surface area (Å²) in [6.45, 7) is 3.40. The summed E-state index contributed by atoms with van der Waals surface area (Å²) in [5.74, 6) is -1.89. The van der Waals surface area contributed by atoms with Crippen molar-refractivity contribution in [3.8, 4) is 0 Å². The molecule has 0 fully saturated rings. The van der Waals surface area contributed by atoms with Crippen LogP contribution in [0.5, 0.6) is 0 Å². The average Bonchev–Trinajstić information content (AvgIpc) is 2.37. The van der Waals surface area contributed by atoms with E-state index in [-0.39, 0.29) is 22.7 Å². The average molecular weight is 299 g/mol. The number of nitrogens with zero attached hydrogens (tertiary/aromatic N) is 1. The number of aliphatic carboxylic acids is 1. The van der Waals surface area contributed by atoms with E-state index in [0.29, 0.717) is 0 Å². The number of carboxylic acid groups (broad SMARTS) is 1. The summed E-state index contributed by atoms with van der Waals surface area (Å²) in [6, 6.07) is 2.28. The minimum atomic E-state index is -1.20. The van der Waals surface area contributed by atoms with Crippen LogP contribution in [0.4, 0.5) is 5.69 Å². The van der Waals surface area contributed by atoms with Crippen molar-refractivity contribution in [1.29, 1.82) is 0 Å². The number of rotatable bonds is 6. The van der Waals surface area contributed by atoms with Crippen molar-refractivity contribution in [2.75, 3.05) is 0 Å². The maximum atomic E-state index is 11.8. The van der Waals surface area contributed by atoms with Gasteiger partial charge in [-0.25, -0.2) is 4.79 Å². The molecule has 1 aromatic carbocycles. The third kappa shape index (κ3) is 3.79. The first-order valence-electron chi connectivity index (χ1n) is 5.45. The molecule has 0 saturated heterocycles. The third-order valence-electron chi connectivity index (χ3n) is 2.41. The zero-order valence-corrected chi connectivity index (χ0v) is 11.0. The first-order valence-corrected chi connectivity index (χ1v) is 5.83. The SMILES string of the molecule is C=CCC(NC(=O)c1ccc([N+](=O)[O-])c(Cl)c1)C(=O)O. The molecule has 0 aliphatic carbocycles. The van der Waals surface area contributed by atoms with Crippen LogP contribution < -0.4 is 5.32 Å². The van der Waals surface area contributed by atoms with Gasteiger partial charge >= 0.3 is 5.97 Å². The lowest BCUT2D eigenvalue weighted by atomic mass is 10.1. The van der Waals surface area contributed by atoms with E-state index in [1.165, 1.54) is 12.1 Å². The van der Waals surface area contributed by atoms with E-state index in [0.717, 1.165) is 12.1 Å². The van der Waals surface area contributed by atoms with Gasteiger partial charge in [0.15, 0.2) is 0 Å². The monoisotopic (exact) mass is 298 g/mol. The topological polar surface area (TPSA) is 110 Å². The number of nitrogens with one attached hydrogen (secondary N) is 1. The second-order valence-corrected chi connectivity index (χ2v) is 4.22. The molecule has 8 heteroatoms. The Morgan fingerprint density at radius 1 is 1.55 bits per heavy atom. The number of amides is 1. The highest BCUT2D eigenvalue weighted by molar-refractivity contribution is 6.33. The van der Waals surface area contributed by atoms with E-state index in [9.17, 15) is 19.7 Å². The number of carbonyl (C=O) groups is 2. The molecule has 0 aliphatic heterocycles. The smallest absolute Gasteiger partial charge is 0.326 e. The molecule has 7 nitrogen and oxygen atoms in total. The van der Waals surface area contributed by atoms with Crippen molar-refractivity contribution < 1.29 is 19.6 Å². The molecule has 0 aromatic heterocycles. The van der Waals surface area contributed by atoms with E-state index in [1.807, 2.05) is 0 Å². The molecule has 1 aromatic rings. The zero-order valence-electron chi connectivity index (χ0n) is 10.2. The number of hydrogen-bond acceptors (Lipinski definition) is 4. The molecule has 0 saturated carbocycles. The van der Waals surface area contributed by atoms with Gasteiger partial charge in [-0.2, -0.15) is 0 Å². The van der Waals surface area contributed by atoms with Crippen LogP contribution in [0.15, 0.2) is 30.9 Å². The molecule has 20 heavy (non-hydrogen) atoms. The molecule has 0 radical (unpaired) electrons. The Morgan fingerprint density at radius 3 is 2.65 bits per heavy atom.